The number of nitrogens with one attached hydrogen (secondary N) is 1. The number of hydrogen-bond donors (Lipinski definition) is 2. The van der Waals surface area contributed by atoms with Crippen LogP contribution < -0.4 is 22.3 Å². The number of amides is 1. The Labute approximate surface area is 351 Å². The van der Waals surface area contributed by atoms with Crippen molar-refractivity contribution >= 4 is 87.4 Å². The van der Waals surface area contributed by atoms with Gasteiger partial charge in [-0.1, -0.05) is 38.1 Å². The van der Waals surface area contributed by atoms with Gasteiger partial charge in [-0.15, -0.1) is 35.1 Å². The number of carbonyl (C=O) groups excluding carboxylic acids is 2. The molecule has 2 bridgehead atoms. The predicted octanol–water partition coefficient (Wildman–Crippen LogP) is 4.08. The van der Waals surface area contributed by atoms with E-state index in [0.717, 1.165) is 36.0 Å². The van der Waals surface area contributed by atoms with Crippen LogP contribution in [0.2, 0.25) is 0 Å². The number of morpholine rings is 1. The molecule has 3 fully saturated rings. The molecule has 9 nitrogen and oxygen atoms in total. The lowest BCUT2D eigenvalue weighted by Crippen LogP contribution is -3.00. The van der Waals surface area contributed by atoms with E-state index in [9.17, 15) is 19.1 Å². The third kappa shape index (κ3) is 11.7. The first-order valence-electron chi connectivity index (χ1n) is 17.1. The number of alkyl halides is 4. The highest BCUT2D eigenvalue weighted by atomic mass is 79.9. The van der Waals surface area contributed by atoms with Gasteiger partial charge in [0.1, 0.15) is 30.4 Å². The van der Waals surface area contributed by atoms with Crippen LogP contribution in [0.25, 0.3) is 0 Å². The number of esters is 1. The fourth-order valence-corrected chi connectivity index (χ4v) is 9.34. The Morgan fingerprint density at radius 1 is 1.00 bits per heavy atom. The summed E-state index contributed by atoms with van der Waals surface area (Å²) in [4.78, 5) is 28.3. The minimum atomic E-state index is -2.58. The monoisotopic (exact) mass is 921 g/mol. The van der Waals surface area contributed by atoms with Gasteiger partial charge < -0.3 is 51.7 Å². The van der Waals surface area contributed by atoms with Crippen LogP contribution >= 0.6 is 69.9 Å². The number of rotatable bonds is 11. The minimum Gasteiger partial charge on any atom is -1.00 e. The van der Waals surface area contributed by atoms with Gasteiger partial charge in [0.25, 0.3) is 0 Å². The number of thiophene rings is 2. The van der Waals surface area contributed by atoms with E-state index in [1.165, 1.54) is 59.7 Å². The lowest BCUT2D eigenvalue weighted by atomic mass is 9.95. The van der Waals surface area contributed by atoms with Gasteiger partial charge in [0.05, 0.1) is 30.3 Å². The summed E-state index contributed by atoms with van der Waals surface area (Å²) in [5.74, 6) is -0.435. The highest BCUT2D eigenvalue weighted by Crippen LogP contribution is 2.52. The van der Waals surface area contributed by atoms with Crippen molar-refractivity contribution in [2.75, 3.05) is 39.0 Å². The molecule has 298 valence electrons. The van der Waals surface area contributed by atoms with Gasteiger partial charge in [-0.25, -0.2) is 4.79 Å². The first kappa shape index (κ1) is 48.1. The molecule has 4 aliphatic heterocycles. The van der Waals surface area contributed by atoms with E-state index in [-0.39, 0.29) is 46.9 Å². The number of likely N-dealkylation sites (N-methyl/N-ethyl adjacent to an activating group) is 1. The summed E-state index contributed by atoms with van der Waals surface area (Å²) >= 11 is 15.9. The third-order valence-corrected chi connectivity index (χ3v) is 12.0. The van der Waals surface area contributed by atoms with Gasteiger partial charge >= 0.3 is 10.0 Å². The zero-order chi connectivity index (χ0) is 36.3. The summed E-state index contributed by atoms with van der Waals surface area (Å²) < 4.78 is 21.0. The van der Waals surface area contributed by atoms with Gasteiger partial charge in [0.15, 0.2) is 0 Å². The molecule has 6 heterocycles. The Hall–Kier alpha value is -1.07. The average Bonchev–Trinajstić information content (AvgIpc) is 3.45. The number of benzene rings is 1. The van der Waals surface area contributed by atoms with Crippen molar-refractivity contribution in [1.29, 1.82) is 0 Å². The maximum atomic E-state index is 13.1. The fraction of sp³-hybridized carbons (Fsp3) is 0.556. The summed E-state index contributed by atoms with van der Waals surface area (Å²) in [6, 6.07) is 14.2. The molecule has 2 aromatic heterocycles. The molecule has 0 aliphatic carbocycles. The second kappa shape index (κ2) is 20.4. The van der Waals surface area contributed by atoms with Crippen molar-refractivity contribution in [3.05, 3.63) is 74.1 Å². The molecule has 3 saturated heterocycles. The molecule has 0 radical (unpaired) electrons. The van der Waals surface area contributed by atoms with E-state index in [2.05, 4.69) is 79.0 Å². The number of aliphatic hydroxyl groups is 1. The quantitative estimate of drug-likeness (QED) is 0.130. The number of ether oxygens (including phenoxy) is 2. The smallest absolute Gasteiger partial charge is 0.349 e. The zero-order valence-electron chi connectivity index (χ0n) is 30.0. The van der Waals surface area contributed by atoms with Crippen LogP contribution in [0.1, 0.15) is 60.4 Å². The third-order valence-electron chi connectivity index (χ3n) is 10.0. The van der Waals surface area contributed by atoms with E-state index in [0.29, 0.717) is 40.5 Å². The molecule has 1 amide bonds. The molecule has 53 heavy (non-hydrogen) atoms. The van der Waals surface area contributed by atoms with Crippen molar-refractivity contribution in [2.24, 2.45) is 0 Å². The number of halogens is 6. The van der Waals surface area contributed by atoms with Gasteiger partial charge in [0.2, 0.25) is 11.5 Å². The van der Waals surface area contributed by atoms with Crippen molar-refractivity contribution in [1.82, 2.24) is 4.90 Å². The number of quaternary nitrogens is 1. The minimum absolute atomic E-state index is 0. The average molecular weight is 925 g/mol. The Morgan fingerprint density at radius 3 is 2.00 bits per heavy atom. The Balaban J connectivity index is 0.000000321. The summed E-state index contributed by atoms with van der Waals surface area (Å²) in [5, 5.41) is 18.0. The first-order valence-corrected chi connectivity index (χ1v) is 19.9. The highest BCUT2D eigenvalue weighted by Gasteiger charge is 2.71. The Kier molecular flexibility index (Phi) is 18.5. The largest absolute Gasteiger partial charge is 1.00 e. The molecule has 1 unspecified atom stereocenters. The van der Waals surface area contributed by atoms with Crippen LogP contribution in [0.4, 0.5) is 10.1 Å². The second-order valence-electron chi connectivity index (χ2n) is 13.7. The number of piperidine rings is 1. The zero-order valence-corrected chi connectivity index (χ0v) is 36.3. The number of epoxide rings is 1. The molecular formula is C36H49BrCl4FN3O6S2. The van der Waals surface area contributed by atoms with E-state index in [1.807, 2.05) is 35.0 Å². The van der Waals surface area contributed by atoms with Crippen molar-refractivity contribution in [3.63, 3.8) is 0 Å². The number of hydrogen-bond acceptors (Lipinski definition) is 8. The van der Waals surface area contributed by atoms with E-state index in [4.69, 9.17) is 9.47 Å². The predicted molar refractivity (Wildman–Crippen MR) is 211 cm³/mol. The summed E-state index contributed by atoms with van der Waals surface area (Å²) in [5.41, 5.74) is 1.83. The molecule has 17 heteroatoms. The maximum absolute atomic E-state index is 13.1. The molecule has 4 aliphatic rings. The molecule has 7 rings (SSSR count). The van der Waals surface area contributed by atoms with Crippen molar-refractivity contribution in [2.45, 2.75) is 92.4 Å². The highest BCUT2D eigenvalue weighted by molar-refractivity contribution is 7.12. The lowest BCUT2D eigenvalue weighted by molar-refractivity contribution is -0.938. The molecular weight excluding hydrogens is 875 g/mol. The lowest BCUT2D eigenvalue weighted by Gasteiger charge is -2.45. The summed E-state index contributed by atoms with van der Waals surface area (Å²) in [6.07, 6.45) is 6.04. The molecule has 4 N–H and O–H groups in total. The van der Waals surface area contributed by atoms with Crippen LogP contribution in [0.5, 0.6) is 0 Å². The normalized spacial score (nSPS) is 22.9. The molecule has 5 atom stereocenters. The van der Waals surface area contributed by atoms with Crippen LogP contribution in [0.15, 0.2) is 53.2 Å². The van der Waals surface area contributed by atoms with Crippen LogP contribution in [0, 0.1) is 0 Å². The van der Waals surface area contributed by atoms with Gasteiger partial charge in [-0.2, -0.15) is 4.39 Å². The first-order chi connectivity index (χ1) is 23.7. The summed E-state index contributed by atoms with van der Waals surface area (Å²) in [6.45, 7) is 7.88. The maximum Gasteiger partial charge on any atom is 0.349 e. The van der Waals surface area contributed by atoms with Gasteiger partial charge in [-0.05, 0) is 107 Å². The van der Waals surface area contributed by atoms with Gasteiger partial charge in [0, 0.05) is 25.1 Å². The second-order valence-corrected chi connectivity index (χ2v) is 17.7. The SMILES string of the molecule is CCCN(CCC)CCc1cccc2c1CC(=O)N2.C[N+]1(C)[C@@H]2CC(OC(=O)C(O)(c3cccs3)c3cccs3)C[C@H]1[C@@H]1O[C@@H]12.Cl.FC(Cl)(Cl)Cl.O.[Br-]. The number of carbonyl (C=O) groups is 2. The van der Waals surface area contributed by atoms with E-state index < -0.39 is 15.6 Å². The van der Waals surface area contributed by atoms with Crippen LogP contribution in [0.3, 0.4) is 0 Å². The van der Waals surface area contributed by atoms with Crippen molar-refractivity contribution in [3.8, 4) is 0 Å². The van der Waals surface area contributed by atoms with Gasteiger partial charge in [-0.3, -0.25) is 4.79 Å². The van der Waals surface area contributed by atoms with E-state index >= 15 is 0 Å². The number of nitrogens with zero attached hydrogens (tertiary/aromatic N) is 2. The summed E-state index contributed by atoms with van der Waals surface area (Å²) in [7, 11) is 4.49. The molecule has 0 saturated carbocycles. The Bertz CT molecular complexity index is 1540. The van der Waals surface area contributed by atoms with Crippen molar-refractivity contribution < 1.29 is 55.5 Å². The Morgan fingerprint density at radius 2 is 1.53 bits per heavy atom. The topological polar surface area (TPSA) is 123 Å². The molecule has 3 aromatic rings. The molecule has 1 aromatic carbocycles. The standard InChI is InChI=1S/C19H22NO4S2.C16H24N2O.CCl3F.BrH.ClH.H2O/c1-20(2)12-9-11(10-13(20)17-16(12)24-17)23-18(21)19(22,14-5-3-7-25-14)15-6-4-8-26-15;1-3-9-18(10-4-2)11-8-13-6-5-7-15-14(13)12-16(19)17-15;2-1(3,4)5;;;/h3-8,11-13,16-17,22H,9-10H2,1-2H3;5-7H,3-4,8-12H2,1-2H3,(H,17,19);;2*1H;1H2/q+1;;;;;/p-1/t11?,12-,13+,16-,17+;;;;;. The van der Waals surface area contributed by atoms with E-state index in [1.54, 1.807) is 12.1 Å². The molecule has 0 spiro atoms. The fourth-order valence-electron chi connectivity index (χ4n) is 7.63. The number of fused-ring (bicyclic) bond motifs is 6. The van der Waals surface area contributed by atoms with Crippen LogP contribution in [-0.4, -0.2) is 100 Å². The number of anilines is 1. The van der Waals surface area contributed by atoms with Crippen LogP contribution in [-0.2, 0) is 37.5 Å².